The number of aromatic nitrogens is 2. The van der Waals surface area contributed by atoms with E-state index in [0.29, 0.717) is 38.3 Å². The second kappa shape index (κ2) is 8.89. The van der Waals surface area contributed by atoms with E-state index in [1.807, 2.05) is 12.1 Å². The second-order valence-electron chi connectivity index (χ2n) is 7.94. The maximum Gasteiger partial charge on any atom is 0.328 e. The summed E-state index contributed by atoms with van der Waals surface area (Å²) in [6.07, 6.45) is 2.73. The Balaban J connectivity index is 1.44. The molecule has 31 heavy (non-hydrogen) atoms. The molecule has 1 aromatic heterocycles. The number of benzene rings is 1. The number of hydrogen-bond donors (Lipinski definition) is 1. The van der Waals surface area contributed by atoms with Crippen LogP contribution in [0.15, 0.2) is 40.1 Å². The minimum absolute atomic E-state index is 0.0213. The van der Waals surface area contributed by atoms with Gasteiger partial charge in [-0.2, -0.15) is 0 Å². The summed E-state index contributed by atoms with van der Waals surface area (Å²) >= 11 is 0. The van der Waals surface area contributed by atoms with Crippen LogP contribution in [0.1, 0.15) is 40.5 Å². The Hall–Kier alpha value is -3.20. The smallest absolute Gasteiger partial charge is 0.328 e. The number of nitrogens with one attached hydrogen (secondary N) is 1. The predicted octanol–water partition coefficient (Wildman–Crippen LogP) is 0.881. The second-order valence-corrected chi connectivity index (χ2v) is 7.94. The lowest BCUT2D eigenvalue weighted by Crippen LogP contribution is -2.51. The third kappa shape index (κ3) is 4.46. The number of hydrogen-bond acceptors (Lipinski definition) is 6. The number of piperazine rings is 1. The highest BCUT2D eigenvalue weighted by atomic mass is 16.5. The average Bonchev–Trinajstić information content (AvgIpc) is 3.30. The molecule has 0 aliphatic carbocycles. The molecule has 4 rings (SSSR count). The van der Waals surface area contributed by atoms with E-state index in [2.05, 4.69) is 9.88 Å². The van der Waals surface area contributed by atoms with Crippen molar-refractivity contribution >= 4 is 17.4 Å². The molecule has 0 saturated carbocycles. The van der Waals surface area contributed by atoms with E-state index in [1.54, 1.807) is 17.0 Å². The van der Waals surface area contributed by atoms with Crippen molar-refractivity contribution in [3.05, 3.63) is 62.4 Å². The van der Waals surface area contributed by atoms with Crippen molar-refractivity contribution in [3.63, 3.8) is 0 Å². The maximum atomic E-state index is 13.0. The number of H-pyrrole nitrogens is 1. The SMILES string of the molecule is CC(=O)c1ccc(N2CCN(C(=O)c3c[nH]c(=O)n(CC4CCCO4)c3=O)CC2)cc1. The number of ether oxygens (including phenoxy) is 1. The molecule has 1 N–H and O–H groups in total. The fraction of sp³-hybridized carbons (Fsp3) is 0.455. The van der Waals surface area contributed by atoms with E-state index in [-0.39, 0.29) is 29.9 Å². The van der Waals surface area contributed by atoms with E-state index in [4.69, 9.17) is 4.74 Å². The van der Waals surface area contributed by atoms with E-state index >= 15 is 0 Å². The Kier molecular flexibility index (Phi) is 6.03. The molecule has 0 spiro atoms. The summed E-state index contributed by atoms with van der Waals surface area (Å²) in [6.45, 7) is 4.44. The number of rotatable bonds is 5. The highest BCUT2D eigenvalue weighted by Crippen LogP contribution is 2.18. The number of amides is 1. The van der Waals surface area contributed by atoms with E-state index in [0.717, 1.165) is 23.1 Å². The lowest BCUT2D eigenvalue weighted by molar-refractivity contribution is 0.0739. The molecule has 0 radical (unpaired) electrons. The van der Waals surface area contributed by atoms with Crippen LogP contribution in [0.4, 0.5) is 5.69 Å². The normalized spacial score (nSPS) is 18.9. The third-order valence-electron chi connectivity index (χ3n) is 5.91. The lowest BCUT2D eigenvalue weighted by Gasteiger charge is -2.36. The van der Waals surface area contributed by atoms with Crippen LogP contribution in [0.5, 0.6) is 0 Å². The Bertz CT molecular complexity index is 1070. The van der Waals surface area contributed by atoms with Gasteiger partial charge in [-0.1, -0.05) is 0 Å². The summed E-state index contributed by atoms with van der Waals surface area (Å²) < 4.78 is 6.59. The number of nitrogens with zero attached hydrogens (tertiary/aromatic N) is 3. The Labute approximate surface area is 179 Å². The van der Waals surface area contributed by atoms with Crippen LogP contribution in [0.25, 0.3) is 0 Å². The third-order valence-corrected chi connectivity index (χ3v) is 5.91. The van der Waals surface area contributed by atoms with Crippen molar-refractivity contribution in [1.29, 1.82) is 0 Å². The van der Waals surface area contributed by atoms with Crippen molar-refractivity contribution in [2.24, 2.45) is 0 Å². The lowest BCUT2D eigenvalue weighted by atomic mass is 10.1. The van der Waals surface area contributed by atoms with E-state index in [9.17, 15) is 19.2 Å². The summed E-state index contributed by atoms with van der Waals surface area (Å²) in [6, 6.07) is 7.40. The largest absolute Gasteiger partial charge is 0.376 e. The fourth-order valence-electron chi connectivity index (χ4n) is 4.07. The number of carbonyl (C=O) groups excluding carboxylic acids is 2. The average molecular weight is 426 g/mol. The van der Waals surface area contributed by atoms with Gasteiger partial charge in [-0.25, -0.2) is 4.79 Å². The minimum atomic E-state index is -0.577. The summed E-state index contributed by atoms with van der Waals surface area (Å²) in [5.74, 6) is -0.359. The van der Waals surface area contributed by atoms with Gasteiger partial charge in [0.25, 0.3) is 11.5 Å². The summed E-state index contributed by atoms with van der Waals surface area (Å²) in [5.41, 5.74) is 0.509. The van der Waals surface area contributed by atoms with Crippen molar-refractivity contribution in [2.75, 3.05) is 37.7 Å². The highest BCUT2D eigenvalue weighted by molar-refractivity contribution is 5.94. The number of Topliss-reactive ketones (excluding diaryl/α,β-unsaturated/α-hetero) is 1. The van der Waals surface area contributed by atoms with Gasteiger partial charge >= 0.3 is 5.69 Å². The van der Waals surface area contributed by atoms with Gasteiger partial charge < -0.3 is 19.5 Å². The first-order chi connectivity index (χ1) is 14.9. The van der Waals surface area contributed by atoms with Crippen molar-refractivity contribution in [3.8, 4) is 0 Å². The molecule has 1 atom stereocenters. The maximum absolute atomic E-state index is 13.0. The quantitative estimate of drug-likeness (QED) is 0.712. The van der Waals surface area contributed by atoms with Crippen molar-refractivity contribution in [2.45, 2.75) is 32.4 Å². The van der Waals surface area contributed by atoms with Gasteiger partial charge in [-0.05, 0) is 44.0 Å². The molecule has 3 heterocycles. The molecule has 1 aromatic carbocycles. The number of carbonyl (C=O) groups is 2. The molecular weight excluding hydrogens is 400 g/mol. The Morgan fingerprint density at radius 1 is 1.10 bits per heavy atom. The van der Waals surface area contributed by atoms with Crippen LogP contribution >= 0.6 is 0 Å². The predicted molar refractivity (Wildman–Crippen MR) is 115 cm³/mol. The zero-order chi connectivity index (χ0) is 22.0. The molecule has 164 valence electrons. The number of anilines is 1. The zero-order valence-corrected chi connectivity index (χ0v) is 17.5. The highest BCUT2D eigenvalue weighted by Gasteiger charge is 2.26. The topological polar surface area (TPSA) is 105 Å². The van der Waals surface area contributed by atoms with Crippen LogP contribution in [-0.2, 0) is 11.3 Å². The Morgan fingerprint density at radius 3 is 2.42 bits per heavy atom. The molecule has 2 aliphatic rings. The van der Waals surface area contributed by atoms with Crippen LogP contribution in [0, 0.1) is 0 Å². The standard InChI is InChI=1S/C22H26N4O5/c1-15(27)16-4-6-17(7-5-16)24-8-10-25(11-9-24)20(28)19-13-23-22(30)26(21(19)29)14-18-3-2-12-31-18/h4-7,13,18H,2-3,8-12,14H2,1H3,(H,23,30). The fourth-order valence-corrected chi connectivity index (χ4v) is 4.07. The minimum Gasteiger partial charge on any atom is -0.376 e. The van der Waals surface area contributed by atoms with Crippen LogP contribution in [0.2, 0.25) is 0 Å². The van der Waals surface area contributed by atoms with Gasteiger partial charge in [-0.15, -0.1) is 0 Å². The summed E-state index contributed by atoms with van der Waals surface area (Å²) in [7, 11) is 0. The molecule has 9 heteroatoms. The molecule has 2 aromatic rings. The molecule has 0 bridgehead atoms. The molecular formula is C22H26N4O5. The first-order valence-electron chi connectivity index (χ1n) is 10.5. The first-order valence-corrected chi connectivity index (χ1v) is 10.5. The van der Waals surface area contributed by atoms with Gasteiger partial charge in [0.2, 0.25) is 0 Å². The van der Waals surface area contributed by atoms with E-state index < -0.39 is 11.2 Å². The van der Waals surface area contributed by atoms with Gasteiger partial charge in [0, 0.05) is 50.2 Å². The van der Waals surface area contributed by atoms with E-state index in [1.165, 1.54) is 13.1 Å². The number of aromatic amines is 1. The molecule has 1 unspecified atom stereocenters. The first kappa shape index (κ1) is 21.0. The molecule has 2 saturated heterocycles. The van der Waals surface area contributed by atoms with Gasteiger partial charge in [-0.3, -0.25) is 19.0 Å². The van der Waals surface area contributed by atoms with Gasteiger partial charge in [0.1, 0.15) is 5.56 Å². The van der Waals surface area contributed by atoms with Crippen LogP contribution in [-0.4, -0.2) is 65.0 Å². The van der Waals surface area contributed by atoms with Crippen LogP contribution in [0.3, 0.4) is 0 Å². The summed E-state index contributed by atoms with van der Waals surface area (Å²) in [4.78, 5) is 55.7. The number of ketones is 1. The van der Waals surface area contributed by atoms with Gasteiger partial charge in [0.15, 0.2) is 5.78 Å². The van der Waals surface area contributed by atoms with Crippen molar-refractivity contribution in [1.82, 2.24) is 14.5 Å². The molecule has 2 fully saturated rings. The van der Waals surface area contributed by atoms with Crippen molar-refractivity contribution < 1.29 is 14.3 Å². The Morgan fingerprint density at radius 2 is 1.81 bits per heavy atom. The molecule has 2 aliphatic heterocycles. The summed E-state index contributed by atoms with van der Waals surface area (Å²) in [5, 5.41) is 0. The zero-order valence-electron chi connectivity index (χ0n) is 17.5. The van der Waals surface area contributed by atoms with Crippen LogP contribution < -0.4 is 16.1 Å². The molecule has 9 nitrogen and oxygen atoms in total. The monoisotopic (exact) mass is 426 g/mol. The van der Waals surface area contributed by atoms with Gasteiger partial charge in [0.05, 0.1) is 12.6 Å². The molecule has 1 amide bonds.